The molecule has 5 nitrogen and oxygen atoms in total. The van der Waals surface area contributed by atoms with E-state index in [1.807, 2.05) is 18.7 Å². The van der Waals surface area contributed by atoms with E-state index in [0.29, 0.717) is 10.5 Å². The van der Waals surface area contributed by atoms with E-state index in [2.05, 4.69) is 49.9 Å². The third-order valence-corrected chi connectivity index (χ3v) is 4.87. The maximum atomic E-state index is 5.65. The highest BCUT2D eigenvalue weighted by Gasteiger charge is 2.27. The molecule has 2 unspecified atom stereocenters. The van der Waals surface area contributed by atoms with Crippen molar-refractivity contribution in [2.75, 3.05) is 23.4 Å². The van der Waals surface area contributed by atoms with Crippen LogP contribution >= 0.6 is 11.8 Å². The maximum Gasteiger partial charge on any atom is 0.148 e. The Kier molecular flexibility index (Phi) is 4.68. The van der Waals surface area contributed by atoms with Crippen LogP contribution in [-0.2, 0) is 5.41 Å². The van der Waals surface area contributed by atoms with Crippen LogP contribution in [0.3, 0.4) is 0 Å². The van der Waals surface area contributed by atoms with Gasteiger partial charge in [-0.2, -0.15) is 11.8 Å². The monoisotopic (exact) mass is 309 g/mol. The Morgan fingerprint density at radius 1 is 1.19 bits per heavy atom. The van der Waals surface area contributed by atoms with Gasteiger partial charge in [0.25, 0.3) is 0 Å². The van der Waals surface area contributed by atoms with Crippen LogP contribution in [0.4, 0.5) is 11.6 Å². The summed E-state index contributed by atoms with van der Waals surface area (Å²) in [6.07, 6.45) is 0. The molecule has 0 bridgehead atoms. The lowest BCUT2D eigenvalue weighted by atomic mass is 9.95. The molecule has 2 rings (SSSR count). The molecule has 3 N–H and O–H groups in total. The number of nitrogen functional groups attached to an aromatic ring is 1. The van der Waals surface area contributed by atoms with Gasteiger partial charge in [0.2, 0.25) is 0 Å². The highest BCUT2D eigenvalue weighted by Crippen LogP contribution is 2.32. The highest BCUT2D eigenvalue weighted by molar-refractivity contribution is 8.00. The second-order valence-corrected chi connectivity index (χ2v) is 8.78. The second-order valence-electron chi connectivity index (χ2n) is 6.90. The highest BCUT2D eigenvalue weighted by atomic mass is 32.2. The molecule has 0 spiro atoms. The molecule has 1 aliphatic rings. The van der Waals surface area contributed by atoms with E-state index >= 15 is 0 Å². The van der Waals surface area contributed by atoms with Crippen LogP contribution in [0.1, 0.15) is 46.0 Å². The number of rotatable bonds is 2. The van der Waals surface area contributed by atoms with Crippen molar-refractivity contribution < 1.29 is 0 Å². The first kappa shape index (κ1) is 16.4. The summed E-state index contributed by atoms with van der Waals surface area (Å²) < 4.78 is 0. The summed E-state index contributed by atoms with van der Waals surface area (Å²) in [5.41, 5.74) is 3.65. The molecule has 0 aliphatic carbocycles. The fourth-order valence-corrected chi connectivity index (χ4v) is 3.96. The van der Waals surface area contributed by atoms with Crippen molar-refractivity contribution in [2.24, 2.45) is 5.84 Å². The fourth-order valence-electron chi connectivity index (χ4n) is 2.64. The lowest BCUT2D eigenvalue weighted by Gasteiger charge is -2.37. The zero-order valence-electron chi connectivity index (χ0n) is 13.9. The van der Waals surface area contributed by atoms with Crippen molar-refractivity contribution >= 4 is 23.4 Å². The van der Waals surface area contributed by atoms with Gasteiger partial charge in [0, 0.05) is 34.6 Å². The minimum Gasteiger partial charge on any atom is -0.354 e. The Morgan fingerprint density at radius 2 is 1.76 bits per heavy atom. The van der Waals surface area contributed by atoms with Crippen molar-refractivity contribution in [1.29, 1.82) is 0 Å². The van der Waals surface area contributed by atoms with Crippen LogP contribution in [0, 0.1) is 6.92 Å². The van der Waals surface area contributed by atoms with E-state index in [4.69, 9.17) is 10.8 Å². The summed E-state index contributed by atoms with van der Waals surface area (Å²) >= 11 is 2.04. The minimum atomic E-state index is -0.101. The number of hydrazine groups is 1. The van der Waals surface area contributed by atoms with E-state index in [0.717, 1.165) is 36.1 Å². The SMILES string of the molecule is Cc1c(NN)nc(C(C)(C)C)nc1N1CC(C)SC(C)C1. The molecule has 1 aliphatic heterocycles. The number of nitrogens with two attached hydrogens (primary N) is 1. The van der Waals surface area contributed by atoms with Crippen LogP contribution in [0.5, 0.6) is 0 Å². The van der Waals surface area contributed by atoms with Crippen molar-refractivity contribution in [3.05, 3.63) is 11.4 Å². The molecule has 2 atom stereocenters. The Morgan fingerprint density at radius 3 is 2.24 bits per heavy atom. The number of hydrogen-bond donors (Lipinski definition) is 2. The molecule has 21 heavy (non-hydrogen) atoms. The lowest BCUT2D eigenvalue weighted by Crippen LogP contribution is -2.41. The Balaban J connectivity index is 2.46. The van der Waals surface area contributed by atoms with E-state index < -0.39 is 0 Å². The Labute approximate surface area is 132 Å². The van der Waals surface area contributed by atoms with E-state index in [1.165, 1.54) is 0 Å². The predicted molar refractivity (Wildman–Crippen MR) is 92.0 cm³/mol. The normalized spacial score (nSPS) is 23.3. The number of thioether (sulfide) groups is 1. The fraction of sp³-hybridized carbons (Fsp3) is 0.733. The average Bonchev–Trinajstić information content (AvgIpc) is 2.36. The van der Waals surface area contributed by atoms with Gasteiger partial charge in [-0.25, -0.2) is 15.8 Å². The number of nitrogens with zero attached hydrogens (tertiary/aromatic N) is 3. The van der Waals surface area contributed by atoms with Crippen molar-refractivity contribution in [3.63, 3.8) is 0 Å². The van der Waals surface area contributed by atoms with Gasteiger partial charge in [-0.05, 0) is 6.92 Å². The second kappa shape index (κ2) is 6.01. The molecule has 6 heteroatoms. The minimum absolute atomic E-state index is 0.101. The van der Waals surface area contributed by atoms with E-state index in [-0.39, 0.29) is 5.41 Å². The summed E-state index contributed by atoms with van der Waals surface area (Å²) in [5, 5.41) is 1.21. The molecule has 1 saturated heterocycles. The van der Waals surface area contributed by atoms with Crippen molar-refractivity contribution in [3.8, 4) is 0 Å². The predicted octanol–water partition coefficient (Wildman–Crippen LogP) is 2.70. The zero-order valence-corrected chi connectivity index (χ0v) is 14.7. The van der Waals surface area contributed by atoms with E-state index in [9.17, 15) is 0 Å². The van der Waals surface area contributed by atoms with Gasteiger partial charge >= 0.3 is 0 Å². The number of anilines is 2. The van der Waals surface area contributed by atoms with Crippen LogP contribution in [-0.4, -0.2) is 33.6 Å². The maximum absolute atomic E-state index is 5.65. The lowest BCUT2D eigenvalue weighted by molar-refractivity contribution is 0.543. The average molecular weight is 309 g/mol. The van der Waals surface area contributed by atoms with Gasteiger partial charge in [0.05, 0.1) is 0 Å². The van der Waals surface area contributed by atoms with Gasteiger partial charge in [0.1, 0.15) is 17.5 Å². The number of nitrogens with one attached hydrogen (secondary N) is 1. The van der Waals surface area contributed by atoms with Crippen LogP contribution in [0.2, 0.25) is 0 Å². The van der Waals surface area contributed by atoms with Gasteiger partial charge in [-0.1, -0.05) is 34.6 Å². The molecule has 0 aromatic carbocycles. The topological polar surface area (TPSA) is 67.1 Å². The first-order valence-corrected chi connectivity index (χ1v) is 8.42. The molecule has 1 fully saturated rings. The smallest absolute Gasteiger partial charge is 0.148 e. The summed E-state index contributed by atoms with van der Waals surface area (Å²) in [7, 11) is 0. The molecular formula is C15H27N5S. The van der Waals surface area contributed by atoms with Gasteiger partial charge in [0.15, 0.2) is 0 Å². The molecule has 118 valence electrons. The van der Waals surface area contributed by atoms with Crippen LogP contribution in [0.15, 0.2) is 0 Å². The third-order valence-electron chi connectivity index (χ3n) is 3.65. The third kappa shape index (κ3) is 3.61. The molecule has 1 aromatic rings. The summed E-state index contributed by atoms with van der Waals surface area (Å²) in [5.74, 6) is 8.22. The van der Waals surface area contributed by atoms with Crippen molar-refractivity contribution in [2.45, 2.75) is 57.5 Å². The number of hydrogen-bond acceptors (Lipinski definition) is 6. The molecule has 0 saturated carbocycles. The van der Waals surface area contributed by atoms with Gasteiger partial charge in [-0.3, -0.25) is 0 Å². The van der Waals surface area contributed by atoms with Gasteiger partial charge < -0.3 is 10.3 Å². The van der Waals surface area contributed by atoms with Crippen LogP contribution < -0.4 is 16.2 Å². The first-order chi connectivity index (χ1) is 9.72. The molecular weight excluding hydrogens is 282 g/mol. The number of aromatic nitrogens is 2. The Bertz CT molecular complexity index is 502. The first-order valence-electron chi connectivity index (χ1n) is 7.48. The largest absolute Gasteiger partial charge is 0.354 e. The van der Waals surface area contributed by atoms with Crippen molar-refractivity contribution in [1.82, 2.24) is 9.97 Å². The summed E-state index contributed by atoms with van der Waals surface area (Å²) in [6, 6.07) is 0. The summed E-state index contributed by atoms with van der Waals surface area (Å²) in [6.45, 7) is 15.0. The molecule has 0 radical (unpaired) electrons. The molecule has 2 heterocycles. The van der Waals surface area contributed by atoms with Crippen LogP contribution in [0.25, 0.3) is 0 Å². The quantitative estimate of drug-likeness (QED) is 0.647. The zero-order chi connectivity index (χ0) is 15.8. The summed E-state index contributed by atoms with van der Waals surface area (Å²) in [4.78, 5) is 11.8. The molecule has 0 amide bonds. The standard InChI is InChI=1S/C15H27N5S/c1-9-7-20(8-10(2)21-9)13-11(3)12(19-16)17-14(18-13)15(4,5)6/h9-10H,7-8,16H2,1-6H3,(H,17,18,19). The molecule has 1 aromatic heterocycles. The Hall–Kier alpha value is -1.01. The van der Waals surface area contributed by atoms with E-state index in [1.54, 1.807) is 0 Å². The van der Waals surface area contributed by atoms with Gasteiger partial charge in [-0.15, -0.1) is 0 Å².